The Hall–Kier alpha value is -0.890. The number of aryl methyl sites for hydroxylation is 1. The van der Waals surface area contributed by atoms with Crippen molar-refractivity contribution in [1.29, 1.82) is 0 Å². The first-order valence-electron chi connectivity index (χ1n) is 5.28. The molecule has 2 heteroatoms. The van der Waals surface area contributed by atoms with Gasteiger partial charge in [0, 0.05) is 11.4 Å². The summed E-state index contributed by atoms with van der Waals surface area (Å²) in [5, 5.41) is 9.15. The van der Waals surface area contributed by atoms with E-state index in [2.05, 4.69) is 25.8 Å². The van der Waals surface area contributed by atoms with Crippen LogP contribution < -0.4 is 0 Å². The van der Waals surface area contributed by atoms with E-state index in [1.54, 1.807) is 0 Å². The number of aromatic nitrogens is 1. The lowest BCUT2D eigenvalue weighted by molar-refractivity contribution is 0.279. The first kappa shape index (κ1) is 11.2. The van der Waals surface area contributed by atoms with Gasteiger partial charge < -0.3 is 5.11 Å². The highest BCUT2D eigenvalue weighted by atomic mass is 16.3. The molecule has 0 atom stereocenters. The van der Waals surface area contributed by atoms with Crippen LogP contribution in [0.2, 0.25) is 0 Å². The van der Waals surface area contributed by atoms with Crippen LogP contribution in [-0.4, -0.2) is 10.1 Å². The largest absolute Gasteiger partial charge is 0.392 e. The quantitative estimate of drug-likeness (QED) is 0.797. The Morgan fingerprint density at radius 1 is 1.36 bits per heavy atom. The average molecular weight is 193 g/mol. The van der Waals surface area contributed by atoms with Crippen molar-refractivity contribution >= 4 is 0 Å². The molecule has 0 aliphatic carbocycles. The van der Waals surface area contributed by atoms with Crippen molar-refractivity contribution in [1.82, 2.24) is 4.98 Å². The molecule has 1 N–H and O–H groups in total. The van der Waals surface area contributed by atoms with E-state index in [9.17, 15) is 0 Å². The molecule has 1 heterocycles. The third-order valence-corrected chi connectivity index (χ3v) is 2.29. The Morgan fingerprint density at radius 3 is 2.57 bits per heavy atom. The summed E-state index contributed by atoms with van der Waals surface area (Å²) in [4.78, 5) is 4.57. The monoisotopic (exact) mass is 193 g/mol. The molecule has 0 radical (unpaired) electrons. The standard InChI is InChI=1S/C12H19NO/c1-4-5-11-7-6-10(8-14)12(13-11)9(2)3/h6-7,9,14H,4-5,8H2,1-3H3. The van der Waals surface area contributed by atoms with Crippen LogP contribution >= 0.6 is 0 Å². The summed E-state index contributed by atoms with van der Waals surface area (Å²) in [6.45, 7) is 6.46. The molecule has 78 valence electrons. The first-order valence-corrected chi connectivity index (χ1v) is 5.28. The second-order valence-electron chi connectivity index (χ2n) is 3.91. The number of nitrogens with zero attached hydrogens (tertiary/aromatic N) is 1. The van der Waals surface area contributed by atoms with Crippen LogP contribution in [0.3, 0.4) is 0 Å². The summed E-state index contributed by atoms with van der Waals surface area (Å²) in [5.74, 6) is 0.383. The Bertz CT molecular complexity index is 294. The number of hydrogen-bond donors (Lipinski definition) is 1. The SMILES string of the molecule is CCCc1ccc(CO)c(C(C)C)n1. The van der Waals surface area contributed by atoms with Crippen LogP contribution in [-0.2, 0) is 13.0 Å². The van der Waals surface area contributed by atoms with Gasteiger partial charge in [0.1, 0.15) is 0 Å². The predicted molar refractivity (Wildman–Crippen MR) is 58.2 cm³/mol. The third kappa shape index (κ3) is 2.55. The molecule has 1 aromatic heterocycles. The zero-order valence-electron chi connectivity index (χ0n) is 9.25. The molecule has 1 aromatic rings. The van der Waals surface area contributed by atoms with E-state index < -0.39 is 0 Å². The summed E-state index contributed by atoms with van der Waals surface area (Å²) in [5.41, 5.74) is 3.13. The summed E-state index contributed by atoms with van der Waals surface area (Å²) < 4.78 is 0. The fourth-order valence-electron chi connectivity index (χ4n) is 1.57. The van der Waals surface area contributed by atoms with Gasteiger partial charge >= 0.3 is 0 Å². The van der Waals surface area contributed by atoms with Gasteiger partial charge in [0.25, 0.3) is 0 Å². The van der Waals surface area contributed by atoms with Gasteiger partial charge in [0.2, 0.25) is 0 Å². The Morgan fingerprint density at radius 2 is 2.07 bits per heavy atom. The van der Waals surface area contributed by atoms with Gasteiger partial charge in [-0.05, 0) is 24.0 Å². The highest BCUT2D eigenvalue weighted by Gasteiger charge is 2.08. The van der Waals surface area contributed by atoms with E-state index in [0.29, 0.717) is 5.92 Å². The van der Waals surface area contributed by atoms with Crippen LogP contribution in [0.5, 0.6) is 0 Å². The number of pyridine rings is 1. The van der Waals surface area contributed by atoms with Gasteiger partial charge in [-0.25, -0.2) is 0 Å². The maximum Gasteiger partial charge on any atom is 0.0699 e. The second-order valence-corrected chi connectivity index (χ2v) is 3.91. The van der Waals surface area contributed by atoms with Crippen molar-refractivity contribution in [3.8, 4) is 0 Å². The maximum atomic E-state index is 9.15. The molecule has 0 aliphatic heterocycles. The van der Waals surface area contributed by atoms with Crippen molar-refractivity contribution in [3.05, 3.63) is 29.1 Å². The van der Waals surface area contributed by atoms with Crippen LogP contribution in [0, 0.1) is 0 Å². The Labute approximate surface area is 86.0 Å². The van der Waals surface area contributed by atoms with E-state index in [0.717, 1.165) is 29.8 Å². The topological polar surface area (TPSA) is 33.1 Å². The number of aliphatic hydroxyl groups is 1. The maximum absolute atomic E-state index is 9.15. The number of hydrogen-bond acceptors (Lipinski definition) is 2. The molecule has 0 aliphatic rings. The number of aliphatic hydroxyl groups excluding tert-OH is 1. The molecule has 14 heavy (non-hydrogen) atoms. The summed E-state index contributed by atoms with van der Waals surface area (Å²) >= 11 is 0. The molecular weight excluding hydrogens is 174 g/mol. The zero-order chi connectivity index (χ0) is 10.6. The minimum absolute atomic E-state index is 0.0902. The van der Waals surface area contributed by atoms with Crippen molar-refractivity contribution in [2.75, 3.05) is 0 Å². The lowest BCUT2D eigenvalue weighted by Gasteiger charge is -2.11. The average Bonchev–Trinajstić information content (AvgIpc) is 2.18. The molecule has 2 nitrogen and oxygen atoms in total. The number of rotatable bonds is 4. The highest BCUT2D eigenvalue weighted by molar-refractivity contribution is 5.25. The molecular formula is C12H19NO. The van der Waals surface area contributed by atoms with Gasteiger partial charge in [-0.15, -0.1) is 0 Å². The van der Waals surface area contributed by atoms with Crippen molar-refractivity contribution in [2.24, 2.45) is 0 Å². The van der Waals surface area contributed by atoms with Gasteiger partial charge in [-0.3, -0.25) is 4.98 Å². The van der Waals surface area contributed by atoms with Crippen molar-refractivity contribution in [3.63, 3.8) is 0 Å². The van der Waals surface area contributed by atoms with Crippen molar-refractivity contribution in [2.45, 2.75) is 46.1 Å². The molecule has 0 amide bonds. The van der Waals surface area contributed by atoms with Crippen LogP contribution in [0.25, 0.3) is 0 Å². The third-order valence-electron chi connectivity index (χ3n) is 2.29. The van der Waals surface area contributed by atoms with E-state index in [1.807, 2.05) is 12.1 Å². The Kier molecular flexibility index (Phi) is 4.08. The normalized spacial score (nSPS) is 10.9. The van der Waals surface area contributed by atoms with Crippen LogP contribution in [0.4, 0.5) is 0 Å². The zero-order valence-corrected chi connectivity index (χ0v) is 9.25. The smallest absolute Gasteiger partial charge is 0.0699 e. The fraction of sp³-hybridized carbons (Fsp3) is 0.583. The van der Waals surface area contributed by atoms with Gasteiger partial charge in [-0.2, -0.15) is 0 Å². The summed E-state index contributed by atoms with van der Waals surface area (Å²) in [6.07, 6.45) is 2.13. The van der Waals surface area contributed by atoms with Gasteiger partial charge in [0.05, 0.1) is 6.61 Å². The minimum Gasteiger partial charge on any atom is -0.392 e. The molecule has 0 aromatic carbocycles. The van der Waals surface area contributed by atoms with E-state index >= 15 is 0 Å². The van der Waals surface area contributed by atoms with Crippen LogP contribution in [0.15, 0.2) is 12.1 Å². The van der Waals surface area contributed by atoms with Crippen molar-refractivity contribution < 1.29 is 5.11 Å². The molecule has 0 unspecified atom stereocenters. The summed E-state index contributed by atoms with van der Waals surface area (Å²) in [7, 11) is 0. The second kappa shape index (κ2) is 5.11. The molecule has 0 spiro atoms. The van der Waals surface area contributed by atoms with E-state index in [4.69, 9.17) is 5.11 Å². The molecule has 1 rings (SSSR count). The van der Waals surface area contributed by atoms with Crippen LogP contribution in [0.1, 0.15) is 50.1 Å². The fourth-order valence-corrected chi connectivity index (χ4v) is 1.57. The van der Waals surface area contributed by atoms with E-state index in [1.165, 1.54) is 0 Å². The van der Waals surface area contributed by atoms with E-state index in [-0.39, 0.29) is 6.61 Å². The van der Waals surface area contributed by atoms with Gasteiger partial charge in [0.15, 0.2) is 0 Å². The predicted octanol–water partition coefficient (Wildman–Crippen LogP) is 2.65. The molecule has 0 bridgehead atoms. The summed E-state index contributed by atoms with van der Waals surface area (Å²) in [6, 6.07) is 4.01. The first-order chi connectivity index (χ1) is 6.69. The Balaban J connectivity index is 3.01. The van der Waals surface area contributed by atoms with Gasteiger partial charge in [-0.1, -0.05) is 33.3 Å². The lowest BCUT2D eigenvalue weighted by atomic mass is 10.0. The molecule has 0 saturated heterocycles. The highest BCUT2D eigenvalue weighted by Crippen LogP contribution is 2.18. The lowest BCUT2D eigenvalue weighted by Crippen LogP contribution is -2.03. The molecule has 0 fully saturated rings. The minimum atomic E-state index is 0.0902. The molecule has 0 saturated carbocycles.